The highest BCUT2D eigenvalue weighted by molar-refractivity contribution is 6.10. The van der Waals surface area contributed by atoms with E-state index in [0.717, 1.165) is 43.2 Å². The Morgan fingerprint density at radius 2 is 1.85 bits per heavy atom. The molecule has 0 aliphatic heterocycles. The zero-order valence-corrected chi connectivity index (χ0v) is 23.9. The molecule has 1 spiro atoms. The van der Waals surface area contributed by atoms with Crippen molar-refractivity contribution >= 4 is 22.8 Å². The number of hydrogen-bond acceptors (Lipinski definition) is 5. The van der Waals surface area contributed by atoms with Gasteiger partial charge in [0.05, 0.1) is 28.5 Å². The number of hydrogen-bond donors (Lipinski definition) is 4. The van der Waals surface area contributed by atoms with Gasteiger partial charge in [0.2, 0.25) is 0 Å². The number of aromatic nitrogens is 1. The zero-order valence-electron chi connectivity index (χ0n) is 23.9. The summed E-state index contributed by atoms with van der Waals surface area (Å²) < 4.78 is 5.32. The summed E-state index contributed by atoms with van der Waals surface area (Å²) in [6.45, 7) is 12.4. The maximum Gasteiger partial charge on any atom is 0.340 e. The lowest BCUT2D eigenvalue weighted by atomic mass is 9.37. The van der Waals surface area contributed by atoms with Gasteiger partial charge in [0.15, 0.2) is 11.5 Å². The fourth-order valence-electron chi connectivity index (χ4n) is 9.86. The number of aromatic hydroxyl groups is 2. The van der Waals surface area contributed by atoms with E-state index in [1.165, 1.54) is 5.57 Å². The molecule has 39 heavy (non-hydrogen) atoms. The van der Waals surface area contributed by atoms with Crippen molar-refractivity contribution in [1.29, 1.82) is 0 Å². The Labute approximate surface area is 229 Å². The lowest BCUT2D eigenvalue weighted by Gasteiger charge is -2.66. The van der Waals surface area contributed by atoms with E-state index >= 15 is 0 Å². The summed E-state index contributed by atoms with van der Waals surface area (Å²) in [6, 6.07) is 0. The average Bonchev–Trinajstić information content (AvgIpc) is 3.23. The van der Waals surface area contributed by atoms with Crippen LogP contribution in [0.2, 0.25) is 0 Å². The highest BCUT2D eigenvalue weighted by Gasteiger charge is 2.66. The summed E-state index contributed by atoms with van der Waals surface area (Å²) in [7, 11) is 0. The number of carbonyl (C=O) groups is 2. The van der Waals surface area contributed by atoms with Gasteiger partial charge in [-0.3, -0.25) is 4.79 Å². The van der Waals surface area contributed by atoms with Gasteiger partial charge in [-0.25, -0.2) is 4.79 Å². The number of nitrogens with one attached hydrogen (secondary N) is 1. The quantitative estimate of drug-likeness (QED) is 0.197. The molecule has 2 bridgehead atoms. The molecule has 4 N–H and O–H groups in total. The highest BCUT2D eigenvalue weighted by atomic mass is 16.5. The van der Waals surface area contributed by atoms with Crippen LogP contribution in [0.3, 0.4) is 0 Å². The number of aromatic amines is 1. The molecular formula is C32H41NO6. The predicted molar refractivity (Wildman–Crippen MR) is 148 cm³/mol. The van der Waals surface area contributed by atoms with Crippen LogP contribution in [-0.2, 0) is 14.9 Å². The van der Waals surface area contributed by atoms with Crippen molar-refractivity contribution in [3.8, 4) is 11.5 Å². The Bertz CT molecular complexity index is 1450. The molecule has 2 aromatic rings. The molecule has 7 rings (SSSR count). The van der Waals surface area contributed by atoms with Crippen LogP contribution >= 0.6 is 0 Å². The summed E-state index contributed by atoms with van der Waals surface area (Å²) >= 11 is 0. The van der Waals surface area contributed by atoms with Crippen molar-refractivity contribution in [2.45, 2.75) is 91.4 Å². The largest absolute Gasteiger partial charge is 0.504 e. The summed E-state index contributed by atoms with van der Waals surface area (Å²) in [6.07, 6.45) is 7.25. The second kappa shape index (κ2) is 8.28. The number of ether oxygens (including phenoxy) is 1. The summed E-state index contributed by atoms with van der Waals surface area (Å²) in [5.74, 6) is -1.16. The first kappa shape index (κ1) is 26.3. The number of carbonyl (C=O) groups excluding carboxylic acids is 1. The number of fused-ring (bicyclic) bond motifs is 2. The van der Waals surface area contributed by atoms with E-state index < -0.39 is 22.8 Å². The van der Waals surface area contributed by atoms with Gasteiger partial charge in [0, 0.05) is 22.6 Å². The number of aryl methyl sites for hydroxylation is 1. The zero-order chi connectivity index (χ0) is 28.2. The minimum Gasteiger partial charge on any atom is -0.504 e. The van der Waals surface area contributed by atoms with Crippen LogP contribution in [0.1, 0.15) is 106 Å². The molecule has 1 heterocycles. The molecular weight excluding hydrogens is 494 g/mol. The monoisotopic (exact) mass is 535 g/mol. The lowest BCUT2D eigenvalue weighted by Crippen LogP contribution is -2.61. The van der Waals surface area contributed by atoms with Crippen LogP contribution in [-0.4, -0.2) is 38.8 Å². The van der Waals surface area contributed by atoms with Gasteiger partial charge in [-0.1, -0.05) is 38.8 Å². The number of allylic oxidation sites excluding steroid dienone is 2. The van der Waals surface area contributed by atoms with Crippen molar-refractivity contribution in [2.24, 2.45) is 28.6 Å². The Kier molecular flexibility index (Phi) is 5.58. The number of rotatable bonds is 4. The molecule has 1 aromatic heterocycles. The van der Waals surface area contributed by atoms with Gasteiger partial charge in [-0.15, -0.1) is 0 Å². The lowest BCUT2D eigenvalue weighted by molar-refractivity contribution is -0.171. The molecule has 6 atom stereocenters. The topological polar surface area (TPSA) is 120 Å². The third-order valence-corrected chi connectivity index (χ3v) is 11.4. The van der Waals surface area contributed by atoms with E-state index in [1.807, 2.05) is 6.92 Å². The third-order valence-electron chi connectivity index (χ3n) is 11.4. The van der Waals surface area contributed by atoms with E-state index in [0.29, 0.717) is 23.0 Å². The van der Waals surface area contributed by atoms with E-state index in [1.54, 1.807) is 13.8 Å². The molecule has 7 heteroatoms. The molecule has 2 fully saturated rings. The number of phenolic OH excluding ortho intramolecular Hbond substituents is 2. The van der Waals surface area contributed by atoms with Gasteiger partial charge < -0.3 is 25.0 Å². The van der Waals surface area contributed by atoms with Crippen LogP contribution < -0.4 is 0 Å². The van der Waals surface area contributed by atoms with Crippen LogP contribution in [0.4, 0.5) is 0 Å². The number of carboxylic acids is 1. The SMILES string of the molecule is CCOC(=O)c1c(C)[nH]c2c3c(c(O)c(O)c12)[C@@]12C=C(C(C)C)[C@@H]3C[C@@H]1[C@@]1(C)CCC[C@@](C)(C(=O)O)[C@@H]1CC2. The molecule has 0 unspecified atom stereocenters. The van der Waals surface area contributed by atoms with Crippen molar-refractivity contribution < 1.29 is 29.6 Å². The Morgan fingerprint density at radius 1 is 1.13 bits per heavy atom. The molecule has 2 saturated carbocycles. The van der Waals surface area contributed by atoms with E-state index in [2.05, 4.69) is 31.8 Å². The molecule has 0 amide bonds. The van der Waals surface area contributed by atoms with Crippen molar-refractivity contribution in [2.75, 3.05) is 6.61 Å². The van der Waals surface area contributed by atoms with E-state index in [-0.39, 0.29) is 52.8 Å². The minimum absolute atomic E-state index is 0.00237. The minimum atomic E-state index is -0.766. The summed E-state index contributed by atoms with van der Waals surface area (Å²) in [4.78, 5) is 29.0. The number of carboxylic acid groups (broad SMARTS) is 1. The molecule has 5 aliphatic carbocycles. The fraction of sp³-hybridized carbons (Fsp3) is 0.625. The van der Waals surface area contributed by atoms with Crippen molar-refractivity contribution in [3.63, 3.8) is 0 Å². The molecule has 210 valence electrons. The van der Waals surface area contributed by atoms with Gasteiger partial charge in [-0.05, 0) is 81.6 Å². The second-order valence-corrected chi connectivity index (χ2v) is 13.4. The first-order valence-electron chi connectivity index (χ1n) is 14.6. The number of aliphatic carboxylic acids is 1. The molecule has 7 nitrogen and oxygen atoms in total. The normalized spacial score (nSPS) is 34.8. The van der Waals surface area contributed by atoms with E-state index in [4.69, 9.17) is 4.74 Å². The van der Waals surface area contributed by atoms with Crippen LogP contribution in [0.5, 0.6) is 11.5 Å². The van der Waals surface area contributed by atoms with Crippen LogP contribution in [0.15, 0.2) is 11.6 Å². The first-order chi connectivity index (χ1) is 18.3. The number of H-pyrrole nitrogens is 1. The third kappa shape index (κ3) is 3.10. The molecule has 1 aromatic carbocycles. The second-order valence-electron chi connectivity index (χ2n) is 13.4. The average molecular weight is 536 g/mol. The van der Waals surface area contributed by atoms with Crippen molar-refractivity contribution in [3.05, 3.63) is 34.0 Å². The van der Waals surface area contributed by atoms with Crippen LogP contribution in [0.25, 0.3) is 10.9 Å². The summed E-state index contributed by atoms with van der Waals surface area (Å²) in [5.41, 5.74) is 3.19. The standard InChI is InChI=1S/C32H41NO6/c1-7-39-28(36)21-16(4)33-25-22-17-13-20-30(5)10-8-11-31(6,29(37)38)19(30)9-12-32(20,14-18(17)15(2)3)24(22)27(35)26(34)23(21)25/h14-15,17,19-20,33-35H,7-13H2,1-6H3,(H,37,38)/t17-,19+,20+,30-,31+,32-/m0/s1. The molecule has 0 radical (unpaired) electrons. The summed E-state index contributed by atoms with van der Waals surface area (Å²) in [5, 5.41) is 34.0. The van der Waals surface area contributed by atoms with Gasteiger partial charge >= 0.3 is 11.9 Å². The molecule has 5 aliphatic rings. The molecule has 0 saturated heterocycles. The Hall–Kier alpha value is -2.96. The number of benzene rings is 1. The van der Waals surface area contributed by atoms with Gasteiger partial charge in [0.25, 0.3) is 0 Å². The smallest absolute Gasteiger partial charge is 0.340 e. The number of esters is 1. The fourth-order valence-corrected chi connectivity index (χ4v) is 9.86. The van der Waals surface area contributed by atoms with E-state index in [9.17, 15) is 24.9 Å². The highest BCUT2D eigenvalue weighted by Crippen LogP contribution is 2.73. The predicted octanol–water partition coefficient (Wildman–Crippen LogP) is 6.69. The first-order valence-corrected chi connectivity index (χ1v) is 14.6. The van der Waals surface area contributed by atoms with Crippen molar-refractivity contribution in [1.82, 2.24) is 4.98 Å². The number of phenols is 2. The maximum absolute atomic E-state index is 13.0. The maximum atomic E-state index is 13.0. The Balaban J connectivity index is 1.63. The van der Waals surface area contributed by atoms with Gasteiger partial charge in [-0.2, -0.15) is 0 Å². The van der Waals surface area contributed by atoms with Crippen LogP contribution in [0, 0.1) is 35.5 Å². The Morgan fingerprint density at radius 3 is 2.49 bits per heavy atom. The van der Waals surface area contributed by atoms with Gasteiger partial charge in [0.1, 0.15) is 0 Å².